The molecule has 58 atom stereocenters. The van der Waals surface area contributed by atoms with Crippen molar-refractivity contribution in [2.24, 2.45) is 5.92 Å². The molecular formula is C84H146N2O55. The molecule has 141 heavy (non-hydrogen) atoms. The molecule has 45 aliphatic rings. The number of hydrogen-bond acceptors (Lipinski definition) is 57. The van der Waals surface area contributed by atoms with Gasteiger partial charge in [0.2, 0.25) is 0 Å². The van der Waals surface area contributed by atoms with E-state index in [4.69, 9.17) is 114 Å². The highest BCUT2D eigenvalue weighted by atomic mass is 16.8. The Hall–Kier alpha value is -2.28. The summed E-state index contributed by atoms with van der Waals surface area (Å²) in [6.07, 6.45) is -102. The van der Waals surface area contributed by atoms with Crippen molar-refractivity contribution in [3.63, 3.8) is 0 Å². The van der Waals surface area contributed by atoms with Crippen molar-refractivity contribution in [1.82, 2.24) is 9.80 Å². The van der Waals surface area contributed by atoms with Crippen LogP contribution >= 0.6 is 0 Å². The van der Waals surface area contributed by atoms with Crippen molar-refractivity contribution in [1.29, 1.82) is 0 Å². The van der Waals surface area contributed by atoms with Crippen LogP contribution in [0.1, 0.15) is 67.7 Å². The van der Waals surface area contributed by atoms with Gasteiger partial charge < -0.3 is 272 Å². The molecule has 45 fully saturated rings. The Morgan fingerprint density at radius 3 is 0.596 bits per heavy atom. The van der Waals surface area contributed by atoms with E-state index in [9.17, 15) is 158 Å². The van der Waals surface area contributed by atoms with E-state index in [0.717, 1.165) is 0 Å². The minimum atomic E-state index is -2.12. The molecule has 0 aromatic carbocycles. The standard InChI is InChI=1S/C44H76N2O27.C39H66O28.CH4/c1-4-17-35-24(52)29(57)40(63-17)70-36-20(12-48)65-42(31(59)26(36)54)72-38-22(14-50)67-44(33(61)28(38)56)73-39-21(13-49)66-43(32(60)27(39)55)71-37-19(11-47)64-41(30(58)25(37)53)69-34-16(51)9-23(68-35)62-18(34)10-45-5-7-46(8-6-45)15(2)3;1-10(2)3-12-29-11(45)4-18(56-12)62-30-13(5-40)57-36(24(51)19(30)46)64-32-15(7-42)59-38(26(53)21(32)48)66-34-17(9-44)61-39(28(55)23(34)50)67-33-16(8-43)60-37(27(54)22(33)49)65-31-14(6-41)58-35(63-29)25(52)20(31)47;/h15-44,47-61H,4-14H2,1-3H3;10-55H,3-9H2,1-2H3;1H4. The van der Waals surface area contributed by atoms with Gasteiger partial charge in [-0.25, -0.2) is 0 Å². The molecule has 31 N–H and O–H groups in total. The average Bonchev–Trinajstić information content (AvgIpc) is 0.769. The van der Waals surface area contributed by atoms with Gasteiger partial charge in [-0.1, -0.05) is 28.2 Å². The largest absolute Gasteiger partial charge is 0.394 e. The third-order valence-electron chi connectivity index (χ3n) is 28.3. The summed E-state index contributed by atoms with van der Waals surface area (Å²) < 4.78 is 141. The van der Waals surface area contributed by atoms with Crippen molar-refractivity contribution in [3.05, 3.63) is 0 Å². The van der Waals surface area contributed by atoms with Gasteiger partial charge in [0.15, 0.2) is 75.5 Å². The maximum Gasteiger partial charge on any atom is 0.187 e. The van der Waals surface area contributed by atoms with E-state index >= 15 is 0 Å². The van der Waals surface area contributed by atoms with E-state index in [1.807, 2.05) is 13.8 Å². The molecular weight excluding hydrogens is 1920 g/mol. The first kappa shape index (κ1) is 116. The zero-order chi connectivity index (χ0) is 101. The van der Waals surface area contributed by atoms with Crippen LogP contribution in [0.25, 0.3) is 0 Å². The van der Waals surface area contributed by atoms with E-state index in [2.05, 4.69) is 23.6 Å². The molecule has 0 spiro atoms. The van der Waals surface area contributed by atoms with E-state index in [1.54, 1.807) is 6.92 Å². The molecule has 45 aliphatic heterocycles. The van der Waals surface area contributed by atoms with E-state index < -0.39 is 416 Å². The summed E-state index contributed by atoms with van der Waals surface area (Å²) in [4.78, 5) is 4.35. The highest BCUT2D eigenvalue weighted by Gasteiger charge is 2.63. The number of hydrogen-bond donors (Lipinski definition) is 31. The third kappa shape index (κ3) is 24.8. The number of aliphatic hydroxyl groups is 31. The van der Waals surface area contributed by atoms with Gasteiger partial charge in [-0.15, -0.1) is 0 Å². The van der Waals surface area contributed by atoms with Crippen LogP contribution in [0.4, 0.5) is 0 Å². The highest BCUT2D eigenvalue weighted by molar-refractivity contribution is 5.06. The van der Waals surface area contributed by atoms with Crippen LogP contribution in [0.5, 0.6) is 0 Å². The predicted molar refractivity (Wildman–Crippen MR) is 447 cm³/mol. The Balaban J connectivity index is 0.000000236. The average molecular weight is 2060 g/mol. The van der Waals surface area contributed by atoms with Crippen LogP contribution in [-0.2, 0) is 114 Å². The fourth-order valence-electron chi connectivity index (χ4n) is 20.3. The molecule has 24 bridgehead atoms. The van der Waals surface area contributed by atoms with Gasteiger partial charge in [-0.2, -0.15) is 0 Å². The topological polar surface area (TPSA) is 855 Å². The molecule has 57 nitrogen and oxygen atoms in total. The summed E-state index contributed by atoms with van der Waals surface area (Å²) >= 11 is 0. The van der Waals surface area contributed by atoms with Crippen LogP contribution < -0.4 is 0 Å². The Morgan fingerprint density at radius 1 is 0.213 bits per heavy atom. The zero-order valence-corrected chi connectivity index (χ0v) is 76.9. The Kier molecular flexibility index (Phi) is 41.5. The maximum absolute atomic E-state index is 11.8. The summed E-state index contributed by atoms with van der Waals surface area (Å²) in [7, 11) is 0. The molecule has 0 aliphatic carbocycles. The molecule has 45 saturated heterocycles. The van der Waals surface area contributed by atoms with Crippen LogP contribution in [0.15, 0.2) is 0 Å². The van der Waals surface area contributed by atoms with Crippen molar-refractivity contribution in [2.75, 3.05) is 92.2 Å². The maximum atomic E-state index is 11.8. The van der Waals surface area contributed by atoms with Gasteiger partial charge in [0.05, 0.1) is 83.9 Å². The monoisotopic (exact) mass is 2060 g/mol. The molecule has 822 valence electrons. The summed E-state index contributed by atoms with van der Waals surface area (Å²) in [5, 5.41) is 343. The van der Waals surface area contributed by atoms with E-state index in [1.165, 1.54) is 0 Å². The van der Waals surface area contributed by atoms with Gasteiger partial charge in [0.1, 0.15) is 256 Å². The molecule has 45 rings (SSSR count). The second kappa shape index (κ2) is 50.5. The molecule has 0 amide bonds. The minimum Gasteiger partial charge on any atom is -0.394 e. The summed E-state index contributed by atoms with van der Waals surface area (Å²) in [6, 6.07) is 0.278. The molecule has 0 aromatic heterocycles. The Labute approximate surface area is 807 Å². The number of rotatable bonds is 15. The Bertz CT molecular complexity index is 3690. The summed E-state index contributed by atoms with van der Waals surface area (Å²) in [6.45, 7) is 3.84. The molecule has 57 heteroatoms. The molecule has 45 heterocycles. The van der Waals surface area contributed by atoms with Crippen molar-refractivity contribution in [3.8, 4) is 0 Å². The minimum absolute atomic E-state index is 0. The lowest BCUT2D eigenvalue weighted by atomic mass is 9.93. The fraction of sp³-hybridized carbons (Fsp3) is 1.00. The quantitative estimate of drug-likeness (QED) is 0.0724. The molecule has 0 saturated carbocycles. The number of ether oxygens (including phenoxy) is 24. The SMILES string of the molecule is C.CC(C)CC1OC2CC(O)C1OC1OC(CO)C(OC3OC(CO)C(OC4OC(CO)C(OC5OC(CO)C(OC6OC(CO)C(O2)C(O)C6O)C(O)C5O)C(O)C4O)C(O)C3O)C(O)C1O.CCC1OC2OC3C(CO)OC(OC4C(CO)OC(OC5C(CO)OC(OC6C(CO)OC(OC7C(O)CC(OC7CN7CCN(C(C)C)CC7)OC1C(O)C2O)C(O)C6O)C(O)C5O)C(O)C4O)C(O)C3O. The van der Waals surface area contributed by atoms with Crippen molar-refractivity contribution in [2.45, 2.75) is 430 Å². The molecule has 0 aromatic rings. The molecule has 0 radical (unpaired) electrons. The van der Waals surface area contributed by atoms with Crippen LogP contribution in [-0.4, -0.2) is 623 Å². The first-order chi connectivity index (χ1) is 66.7. The third-order valence-corrected chi connectivity index (χ3v) is 28.3. The van der Waals surface area contributed by atoms with Crippen LogP contribution in [0.3, 0.4) is 0 Å². The van der Waals surface area contributed by atoms with Crippen molar-refractivity contribution < 1.29 is 272 Å². The van der Waals surface area contributed by atoms with Gasteiger partial charge in [0.25, 0.3) is 0 Å². The van der Waals surface area contributed by atoms with Gasteiger partial charge in [-0.3, -0.25) is 9.80 Å². The first-order valence-corrected chi connectivity index (χ1v) is 47.3. The van der Waals surface area contributed by atoms with Crippen molar-refractivity contribution >= 4 is 0 Å². The van der Waals surface area contributed by atoms with Gasteiger partial charge in [-0.05, 0) is 32.6 Å². The first-order valence-electron chi connectivity index (χ1n) is 47.3. The number of piperazine rings is 1. The fourth-order valence-corrected chi connectivity index (χ4v) is 20.3. The van der Waals surface area contributed by atoms with Gasteiger partial charge in [0, 0.05) is 51.6 Å². The second-order valence-electron chi connectivity index (χ2n) is 38.4. The summed E-state index contributed by atoms with van der Waals surface area (Å²) in [5.74, 6) is -0.131. The van der Waals surface area contributed by atoms with Crippen LogP contribution in [0, 0.1) is 5.92 Å². The predicted octanol–water partition coefficient (Wildman–Crippen LogP) is -18.9. The molecule has 58 unspecified atom stereocenters. The summed E-state index contributed by atoms with van der Waals surface area (Å²) in [5.41, 5.74) is 0. The van der Waals surface area contributed by atoms with E-state index in [0.29, 0.717) is 26.2 Å². The number of nitrogens with zero attached hydrogens (tertiary/aromatic N) is 2. The van der Waals surface area contributed by atoms with Crippen LogP contribution in [0.2, 0.25) is 0 Å². The van der Waals surface area contributed by atoms with E-state index in [-0.39, 0.29) is 51.6 Å². The smallest absolute Gasteiger partial charge is 0.187 e. The normalized spacial score (nSPS) is 52.5. The Morgan fingerprint density at radius 2 is 0.397 bits per heavy atom. The van der Waals surface area contributed by atoms with Gasteiger partial charge >= 0.3 is 0 Å². The number of aliphatic hydroxyl groups excluding tert-OH is 31. The lowest BCUT2D eigenvalue weighted by Gasteiger charge is -2.50. The second-order valence-corrected chi connectivity index (χ2v) is 38.4. The lowest BCUT2D eigenvalue weighted by molar-refractivity contribution is -0.399. The lowest BCUT2D eigenvalue weighted by Crippen LogP contribution is -2.68. The zero-order valence-electron chi connectivity index (χ0n) is 76.9. The highest BCUT2D eigenvalue weighted by Crippen LogP contribution is 2.44.